The van der Waals surface area contributed by atoms with E-state index in [9.17, 15) is 9.46 Å². The van der Waals surface area contributed by atoms with Crippen molar-refractivity contribution in [2.75, 3.05) is 6.16 Å². The lowest BCUT2D eigenvalue weighted by Gasteiger charge is -2.11. The quantitative estimate of drug-likeness (QED) is 0.790. The predicted molar refractivity (Wildman–Crippen MR) is 63.9 cm³/mol. The van der Waals surface area contributed by atoms with Gasteiger partial charge in [-0.25, -0.2) is 0 Å². The minimum absolute atomic E-state index is 0.279. The lowest BCUT2D eigenvalue weighted by Crippen LogP contribution is -2.07. The van der Waals surface area contributed by atoms with Crippen molar-refractivity contribution in [1.82, 2.24) is 0 Å². The second-order valence-electron chi connectivity index (χ2n) is 3.52. The summed E-state index contributed by atoms with van der Waals surface area (Å²) in [7, 11) is -3.17. The van der Waals surface area contributed by atoms with E-state index in [1.165, 1.54) is 0 Å². The van der Waals surface area contributed by atoms with Crippen molar-refractivity contribution in [3.63, 3.8) is 0 Å². The third-order valence-corrected chi connectivity index (χ3v) is 4.57. The zero-order chi connectivity index (χ0) is 10.9. The summed E-state index contributed by atoms with van der Waals surface area (Å²) in [4.78, 5) is 9.85. The Kier molecular flexibility index (Phi) is 2.64. The van der Waals surface area contributed by atoms with Crippen LogP contribution in [-0.2, 0) is 4.57 Å². The second kappa shape index (κ2) is 3.80. The number of fused-ring (bicyclic) bond motifs is 1. The van der Waals surface area contributed by atoms with Crippen LogP contribution in [0.2, 0.25) is 0 Å². The third-order valence-electron chi connectivity index (χ3n) is 2.57. The maximum absolute atomic E-state index is 12.0. The van der Waals surface area contributed by atoms with Crippen LogP contribution < -0.4 is 5.30 Å². The average Bonchev–Trinajstić information content (AvgIpc) is 2.28. The average molecular weight is 220 g/mol. The lowest BCUT2D eigenvalue weighted by atomic mass is 10.1. The van der Waals surface area contributed by atoms with Gasteiger partial charge in [0.05, 0.1) is 0 Å². The molecule has 0 fully saturated rings. The van der Waals surface area contributed by atoms with Gasteiger partial charge in [0.1, 0.15) is 0 Å². The summed E-state index contributed by atoms with van der Waals surface area (Å²) < 4.78 is 12.0. The highest BCUT2D eigenvalue weighted by Gasteiger charge is 2.20. The van der Waals surface area contributed by atoms with Gasteiger partial charge in [-0.1, -0.05) is 43.3 Å². The monoisotopic (exact) mass is 220 g/mol. The van der Waals surface area contributed by atoms with Crippen LogP contribution in [-0.4, -0.2) is 11.1 Å². The smallest absolute Gasteiger partial charge is 0.229 e. The van der Waals surface area contributed by atoms with Crippen molar-refractivity contribution >= 4 is 23.4 Å². The molecule has 0 aromatic heterocycles. The van der Waals surface area contributed by atoms with Gasteiger partial charge >= 0.3 is 0 Å². The zero-order valence-electron chi connectivity index (χ0n) is 8.55. The molecule has 2 rings (SSSR count). The van der Waals surface area contributed by atoms with Crippen LogP contribution in [0.3, 0.4) is 0 Å². The summed E-state index contributed by atoms with van der Waals surface area (Å²) in [6.45, 7) is 1.74. The van der Waals surface area contributed by atoms with Gasteiger partial charge in [0, 0.05) is 11.5 Å². The summed E-state index contributed by atoms with van der Waals surface area (Å²) in [5.41, 5.74) is 0. The van der Waals surface area contributed by atoms with E-state index in [1.54, 1.807) is 13.0 Å². The van der Waals surface area contributed by atoms with Crippen LogP contribution in [0, 0.1) is 0 Å². The number of benzene rings is 2. The SMILES string of the molecule is CCP(=O)(O)c1cccc2ccccc12. The molecule has 2 aromatic rings. The van der Waals surface area contributed by atoms with Crippen LogP contribution in [0.25, 0.3) is 10.8 Å². The molecule has 0 radical (unpaired) electrons. The standard InChI is InChI=1S/C12H13O2P/c1-2-15(13,14)12-9-5-7-10-6-3-4-8-11(10)12/h3-9H,2H2,1H3,(H,13,14). The van der Waals surface area contributed by atoms with Crippen molar-refractivity contribution in [3.8, 4) is 0 Å². The number of hydrogen-bond donors (Lipinski definition) is 1. The molecule has 0 amide bonds. The van der Waals surface area contributed by atoms with E-state index in [0.717, 1.165) is 10.8 Å². The van der Waals surface area contributed by atoms with Crippen LogP contribution in [0.1, 0.15) is 6.92 Å². The molecule has 2 nitrogen and oxygen atoms in total. The minimum Gasteiger partial charge on any atom is -0.341 e. The highest BCUT2D eigenvalue weighted by Crippen LogP contribution is 2.40. The molecule has 0 heterocycles. The molecular weight excluding hydrogens is 207 g/mol. The molecule has 15 heavy (non-hydrogen) atoms. The molecule has 2 aromatic carbocycles. The van der Waals surface area contributed by atoms with Gasteiger partial charge in [-0.05, 0) is 16.8 Å². The molecular formula is C12H13O2P. The second-order valence-corrected chi connectivity index (χ2v) is 6.03. The van der Waals surface area contributed by atoms with Crippen molar-refractivity contribution in [2.24, 2.45) is 0 Å². The van der Waals surface area contributed by atoms with Gasteiger partial charge in [-0.15, -0.1) is 0 Å². The van der Waals surface area contributed by atoms with Crippen molar-refractivity contribution < 1.29 is 9.46 Å². The molecule has 0 aliphatic carbocycles. The summed E-state index contributed by atoms with van der Waals surface area (Å²) in [6, 6.07) is 13.2. The maximum Gasteiger partial charge on any atom is 0.229 e. The van der Waals surface area contributed by atoms with Crippen molar-refractivity contribution in [1.29, 1.82) is 0 Å². The first-order valence-corrected chi connectivity index (χ1v) is 6.80. The van der Waals surface area contributed by atoms with E-state index in [4.69, 9.17) is 0 Å². The molecule has 78 valence electrons. The van der Waals surface area contributed by atoms with Gasteiger partial charge in [0.25, 0.3) is 0 Å². The Labute approximate surface area is 89.0 Å². The summed E-state index contributed by atoms with van der Waals surface area (Å²) >= 11 is 0. The summed E-state index contributed by atoms with van der Waals surface area (Å²) in [5.74, 6) is 0. The molecule has 3 heteroatoms. The Morgan fingerprint density at radius 2 is 1.80 bits per heavy atom. The number of rotatable bonds is 2. The highest BCUT2D eigenvalue weighted by molar-refractivity contribution is 7.66. The minimum atomic E-state index is -3.17. The zero-order valence-corrected chi connectivity index (χ0v) is 9.45. The summed E-state index contributed by atoms with van der Waals surface area (Å²) in [5, 5.41) is 2.47. The molecule has 1 N–H and O–H groups in total. The van der Waals surface area contributed by atoms with E-state index in [2.05, 4.69) is 0 Å². The van der Waals surface area contributed by atoms with E-state index in [0.29, 0.717) is 5.30 Å². The van der Waals surface area contributed by atoms with E-state index >= 15 is 0 Å². The molecule has 1 atom stereocenters. The fourth-order valence-corrected chi connectivity index (χ4v) is 2.92. The van der Waals surface area contributed by atoms with Crippen LogP contribution >= 0.6 is 7.37 Å². The Morgan fingerprint density at radius 3 is 2.53 bits per heavy atom. The van der Waals surface area contributed by atoms with Gasteiger partial charge < -0.3 is 4.89 Å². The number of hydrogen-bond acceptors (Lipinski definition) is 1. The van der Waals surface area contributed by atoms with Crippen LogP contribution in [0.5, 0.6) is 0 Å². The van der Waals surface area contributed by atoms with E-state index in [-0.39, 0.29) is 6.16 Å². The molecule has 0 aliphatic rings. The first-order chi connectivity index (χ1) is 7.15. The Hall–Kier alpha value is -1.11. The fraction of sp³-hybridized carbons (Fsp3) is 0.167. The third kappa shape index (κ3) is 1.83. The molecule has 0 aliphatic heterocycles. The Bertz CT molecular complexity index is 529. The molecule has 0 saturated heterocycles. The Balaban J connectivity index is 2.77. The first-order valence-electron chi connectivity index (χ1n) is 4.95. The topological polar surface area (TPSA) is 37.3 Å². The highest BCUT2D eigenvalue weighted by atomic mass is 31.2. The van der Waals surface area contributed by atoms with Gasteiger partial charge in [-0.2, -0.15) is 0 Å². The fourth-order valence-electron chi connectivity index (χ4n) is 1.68. The molecule has 0 bridgehead atoms. The van der Waals surface area contributed by atoms with E-state index in [1.807, 2.05) is 36.4 Å². The van der Waals surface area contributed by atoms with Crippen LogP contribution in [0.4, 0.5) is 0 Å². The summed E-state index contributed by atoms with van der Waals surface area (Å²) in [6.07, 6.45) is 0.279. The van der Waals surface area contributed by atoms with Gasteiger partial charge in [-0.3, -0.25) is 4.57 Å². The Morgan fingerprint density at radius 1 is 1.13 bits per heavy atom. The van der Waals surface area contributed by atoms with Crippen molar-refractivity contribution in [2.45, 2.75) is 6.92 Å². The van der Waals surface area contributed by atoms with E-state index < -0.39 is 7.37 Å². The molecule has 0 spiro atoms. The van der Waals surface area contributed by atoms with Gasteiger partial charge in [0.2, 0.25) is 7.37 Å². The maximum atomic E-state index is 12.0. The lowest BCUT2D eigenvalue weighted by molar-refractivity contribution is 0.491. The largest absolute Gasteiger partial charge is 0.341 e. The predicted octanol–water partition coefficient (Wildman–Crippen LogP) is 2.76. The molecule has 0 saturated carbocycles. The van der Waals surface area contributed by atoms with Crippen LogP contribution in [0.15, 0.2) is 42.5 Å². The van der Waals surface area contributed by atoms with Gasteiger partial charge in [0.15, 0.2) is 0 Å². The van der Waals surface area contributed by atoms with Crippen molar-refractivity contribution in [3.05, 3.63) is 42.5 Å². The first kappa shape index (κ1) is 10.4. The normalized spacial score (nSPS) is 15.1. The molecule has 1 unspecified atom stereocenters.